The summed E-state index contributed by atoms with van der Waals surface area (Å²) >= 11 is 0. The standard InChI is InChI=1S/C13H22N4/c1-4-14-13(15-5-2)16-9-8-12-7-6-11(3)17-10-12/h6-7,10H,4-5,8-9H2,1-3H3,(H2,14,15,16). The van der Waals surface area contributed by atoms with Gasteiger partial charge < -0.3 is 10.6 Å². The summed E-state index contributed by atoms with van der Waals surface area (Å²) in [5.74, 6) is 0.884. The average Bonchev–Trinajstić information content (AvgIpc) is 2.32. The molecule has 0 saturated heterocycles. The minimum absolute atomic E-state index is 0.778. The molecule has 1 heterocycles. The second kappa shape index (κ2) is 7.65. The summed E-state index contributed by atoms with van der Waals surface area (Å²) in [6.45, 7) is 8.68. The highest BCUT2D eigenvalue weighted by Crippen LogP contribution is 2.00. The monoisotopic (exact) mass is 234 g/mol. The molecule has 94 valence electrons. The van der Waals surface area contributed by atoms with Crippen LogP contribution in [-0.4, -0.2) is 30.6 Å². The van der Waals surface area contributed by atoms with Crippen LogP contribution in [0.2, 0.25) is 0 Å². The highest BCUT2D eigenvalue weighted by molar-refractivity contribution is 5.79. The van der Waals surface area contributed by atoms with Crippen molar-refractivity contribution in [2.24, 2.45) is 4.99 Å². The van der Waals surface area contributed by atoms with Gasteiger partial charge in [-0.1, -0.05) is 6.07 Å². The van der Waals surface area contributed by atoms with Gasteiger partial charge >= 0.3 is 0 Å². The first-order valence-electron chi connectivity index (χ1n) is 6.20. The van der Waals surface area contributed by atoms with Crippen LogP contribution in [0.25, 0.3) is 0 Å². The molecule has 4 nitrogen and oxygen atoms in total. The molecular formula is C13H22N4. The lowest BCUT2D eigenvalue weighted by molar-refractivity contribution is 0.832. The van der Waals surface area contributed by atoms with Gasteiger partial charge in [0, 0.05) is 31.5 Å². The maximum atomic E-state index is 4.49. The molecule has 1 aromatic rings. The Kier molecular flexibility index (Phi) is 6.07. The first-order chi connectivity index (χ1) is 8.26. The van der Waals surface area contributed by atoms with E-state index in [-0.39, 0.29) is 0 Å². The zero-order chi connectivity index (χ0) is 12.5. The summed E-state index contributed by atoms with van der Waals surface area (Å²) in [6, 6.07) is 4.15. The van der Waals surface area contributed by atoms with Crippen LogP contribution < -0.4 is 10.6 Å². The van der Waals surface area contributed by atoms with E-state index in [1.54, 1.807) is 0 Å². The minimum Gasteiger partial charge on any atom is -0.357 e. The van der Waals surface area contributed by atoms with E-state index in [1.165, 1.54) is 5.56 Å². The molecule has 0 spiro atoms. The number of hydrogen-bond acceptors (Lipinski definition) is 2. The number of guanidine groups is 1. The zero-order valence-corrected chi connectivity index (χ0v) is 11.0. The van der Waals surface area contributed by atoms with Gasteiger partial charge in [-0.05, 0) is 38.8 Å². The van der Waals surface area contributed by atoms with Crippen LogP contribution in [-0.2, 0) is 6.42 Å². The third kappa shape index (κ3) is 5.33. The Balaban J connectivity index is 2.43. The summed E-state index contributed by atoms with van der Waals surface area (Å²) in [5, 5.41) is 6.40. The van der Waals surface area contributed by atoms with Crippen molar-refractivity contribution in [3.8, 4) is 0 Å². The number of aryl methyl sites for hydroxylation is 1. The third-order valence-corrected chi connectivity index (χ3v) is 2.33. The molecule has 0 fully saturated rings. The number of pyridine rings is 1. The molecule has 4 heteroatoms. The largest absolute Gasteiger partial charge is 0.357 e. The molecule has 0 radical (unpaired) electrons. The third-order valence-electron chi connectivity index (χ3n) is 2.33. The van der Waals surface area contributed by atoms with Crippen molar-refractivity contribution < 1.29 is 0 Å². The van der Waals surface area contributed by atoms with Crippen molar-refractivity contribution in [3.63, 3.8) is 0 Å². The Hall–Kier alpha value is -1.58. The molecule has 0 bridgehead atoms. The highest BCUT2D eigenvalue weighted by Gasteiger charge is 1.95. The number of nitrogens with zero attached hydrogens (tertiary/aromatic N) is 2. The topological polar surface area (TPSA) is 49.3 Å². The van der Waals surface area contributed by atoms with E-state index in [2.05, 4.69) is 40.5 Å². The lowest BCUT2D eigenvalue weighted by atomic mass is 10.2. The predicted molar refractivity (Wildman–Crippen MR) is 72.3 cm³/mol. The van der Waals surface area contributed by atoms with Gasteiger partial charge in [0.25, 0.3) is 0 Å². The number of nitrogens with one attached hydrogen (secondary N) is 2. The van der Waals surface area contributed by atoms with Gasteiger partial charge in [0.1, 0.15) is 0 Å². The molecule has 17 heavy (non-hydrogen) atoms. The minimum atomic E-state index is 0.778. The second-order valence-corrected chi connectivity index (χ2v) is 3.85. The van der Waals surface area contributed by atoms with Crippen LogP contribution in [0.3, 0.4) is 0 Å². The fourth-order valence-corrected chi connectivity index (χ4v) is 1.45. The van der Waals surface area contributed by atoms with E-state index in [1.807, 2.05) is 19.2 Å². The number of aliphatic imine (C=N–C) groups is 1. The van der Waals surface area contributed by atoms with Crippen LogP contribution >= 0.6 is 0 Å². The van der Waals surface area contributed by atoms with Crippen molar-refractivity contribution in [1.29, 1.82) is 0 Å². The maximum Gasteiger partial charge on any atom is 0.191 e. The molecule has 0 unspecified atom stereocenters. The lowest BCUT2D eigenvalue weighted by Crippen LogP contribution is -2.37. The molecule has 1 rings (SSSR count). The zero-order valence-electron chi connectivity index (χ0n) is 11.0. The Morgan fingerprint density at radius 1 is 1.24 bits per heavy atom. The van der Waals surface area contributed by atoms with Gasteiger partial charge in [-0.3, -0.25) is 9.98 Å². The van der Waals surface area contributed by atoms with E-state index >= 15 is 0 Å². The fourth-order valence-electron chi connectivity index (χ4n) is 1.45. The van der Waals surface area contributed by atoms with Gasteiger partial charge in [-0.15, -0.1) is 0 Å². The lowest BCUT2D eigenvalue weighted by Gasteiger charge is -2.08. The quantitative estimate of drug-likeness (QED) is 0.600. The molecule has 0 atom stereocenters. The van der Waals surface area contributed by atoms with Crippen LogP contribution in [0.15, 0.2) is 23.3 Å². The average molecular weight is 234 g/mol. The molecular weight excluding hydrogens is 212 g/mol. The van der Waals surface area contributed by atoms with Gasteiger partial charge in [0.05, 0.1) is 0 Å². The molecule has 0 amide bonds. The summed E-state index contributed by atoms with van der Waals surface area (Å²) in [7, 11) is 0. The number of hydrogen-bond donors (Lipinski definition) is 2. The first-order valence-corrected chi connectivity index (χ1v) is 6.20. The van der Waals surface area contributed by atoms with Crippen molar-refractivity contribution in [2.75, 3.05) is 19.6 Å². The van der Waals surface area contributed by atoms with Gasteiger partial charge in [-0.2, -0.15) is 0 Å². The predicted octanol–water partition coefficient (Wildman–Crippen LogP) is 1.51. The fraction of sp³-hybridized carbons (Fsp3) is 0.538. The van der Waals surface area contributed by atoms with E-state index in [4.69, 9.17) is 0 Å². The SMILES string of the molecule is CCNC(=NCCc1ccc(C)nc1)NCC. The first kappa shape index (κ1) is 13.5. The van der Waals surface area contributed by atoms with Crippen molar-refractivity contribution in [1.82, 2.24) is 15.6 Å². The van der Waals surface area contributed by atoms with Crippen LogP contribution in [0, 0.1) is 6.92 Å². The summed E-state index contributed by atoms with van der Waals surface area (Å²) in [4.78, 5) is 8.76. The van der Waals surface area contributed by atoms with Gasteiger partial charge in [0.2, 0.25) is 0 Å². The molecule has 1 aromatic heterocycles. The Morgan fingerprint density at radius 2 is 1.94 bits per heavy atom. The molecule has 0 aromatic carbocycles. The van der Waals surface area contributed by atoms with Crippen LogP contribution in [0.1, 0.15) is 25.1 Å². The smallest absolute Gasteiger partial charge is 0.191 e. The van der Waals surface area contributed by atoms with Crippen molar-refractivity contribution in [3.05, 3.63) is 29.6 Å². The second-order valence-electron chi connectivity index (χ2n) is 3.85. The molecule has 0 saturated carbocycles. The van der Waals surface area contributed by atoms with E-state index in [9.17, 15) is 0 Å². The molecule has 0 aliphatic carbocycles. The molecule has 2 N–H and O–H groups in total. The van der Waals surface area contributed by atoms with E-state index in [0.29, 0.717) is 0 Å². The Morgan fingerprint density at radius 3 is 2.47 bits per heavy atom. The number of aromatic nitrogens is 1. The molecule has 0 aliphatic heterocycles. The normalized spacial score (nSPS) is 9.82. The highest BCUT2D eigenvalue weighted by atomic mass is 15.2. The summed E-state index contributed by atoms with van der Waals surface area (Å²) in [6.07, 6.45) is 2.85. The van der Waals surface area contributed by atoms with Crippen LogP contribution in [0.5, 0.6) is 0 Å². The maximum absolute atomic E-state index is 4.49. The van der Waals surface area contributed by atoms with E-state index < -0.39 is 0 Å². The van der Waals surface area contributed by atoms with Crippen molar-refractivity contribution in [2.45, 2.75) is 27.2 Å². The summed E-state index contributed by atoms with van der Waals surface area (Å²) in [5.41, 5.74) is 2.28. The van der Waals surface area contributed by atoms with Gasteiger partial charge in [-0.25, -0.2) is 0 Å². The number of rotatable bonds is 5. The Bertz CT molecular complexity index is 335. The molecule has 0 aliphatic rings. The van der Waals surface area contributed by atoms with E-state index in [0.717, 1.165) is 37.7 Å². The van der Waals surface area contributed by atoms with Crippen LogP contribution in [0.4, 0.5) is 0 Å². The Labute approximate surface area is 104 Å². The summed E-state index contributed by atoms with van der Waals surface area (Å²) < 4.78 is 0. The van der Waals surface area contributed by atoms with Crippen molar-refractivity contribution >= 4 is 5.96 Å². The van der Waals surface area contributed by atoms with Gasteiger partial charge in [0.15, 0.2) is 5.96 Å².